The van der Waals surface area contributed by atoms with Gasteiger partial charge >= 0.3 is 0 Å². The number of ether oxygens (including phenoxy) is 2. The Morgan fingerprint density at radius 3 is 1.27 bits per heavy atom. The SMILES string of the molecule is C=C(CCCCCCCN(CCCCCCCCCOC(CCCCCCCC)CCCCCCCC)CC(C)C)OCCCCCCCCC. The number of allylic oxidation sites excluding steroid dienone is 1. The second-order valence-corrected chi connectivity index (χ2v) is 16.8. The van der Waals surface area contributed by atoms with Crippen LogP contribution in [0, 0.1) is 5.92 Å². The molecule has 51 heavy (non-hydrogen) atoms. The van der Waals surface area contributed by atoms with Gasteiger partial charge in [-0.1, -0.05) is 208 Å². The summed E-state index contributed by atoms with van der Waals surface area (Å²) in [4.78, 5) is 2.76. The van der Waals surface area contributed by atoms with Crippen LogP contribution in [-0.2, 0) is 9.47 Å². The monoisotopic (exact) mass is 720 g/mol. The van der Waals surface area contributed by atoms with Crippen LogP contribution in [0.2, 0.25) is 0 Å². The van der Waals surface area contributed by atoms with Gasteiger partial charge in [0, 0.05) is 19.6 Å². The molecule has 0 N–H and O–H groups in total. The summed E-state index contributed by atoms with van der Waals surface area (Å²) in [6, 6.07) is 0. The summed E-state index contributed by atoms with van der Waals surface area (Å²) in [5, 5.41) is 0. The molecule has 0 aliphatic heterocycles. The maximum atomic E-state index is 6.49. The zero-order valence-electron chi connectivity index (χ0n) is 36.2. The first-order valence-corrected chi connectivity index (χ1v) is 23.7. The molecule has 0 saturated heterocycles. The third-order valence-electron chi connectivity index (χ3n) is 10.8. The molecule has 0 heterocycles. The van der Waals surface area contributed by atoms with Crippen molar-refractivity contribution >= 4 is 0 Å². The molecule has 306 valence electrons. The number of unbranched alkanes of at least 4 members (excludes halogenated alkanes) is 26. The van der Waals surface area contributed by atoms with Crippen molar-refractivity contribution in [1.29, 1.82) is 0 Å². The van der Waals surface area contributed by atoms with Crippen molar-refractivity contribution in [3.63, 3.8) is 0 Å². The van der Waals surface area contributed by atoms with Crippen LogP contribution in [0.15, 0.2) is 12.3 Å². The molecule has 0 aromatic rings. The molecule has 0 aromatic carbocycles. The highest BCUT2D eigenvalue weighted by Crippen LogP contribution is 2.18. The lowest BCUT2D eigenvalue weighted by atomic mass is 10.0. The Labute approximate surface area is 323 Å². The Bertz CT molecular complexity index is 648. The minimum atomic E-state index is 0.519. The van der Waals surface area contributed by atoms with Crippen LogP contribution in [0.4, 0.5) is 0 Å². The molecule has 0 aromatic heterocycles. The molecule has 0 rings (SSSR count). The highest BCUT2D eigenvalue weighted by molar-refractivity contribution is 4.81. The van der Waals surface area contributed by atoms with Crippen LogP contribution < -0.4 is 0 Å². The highest BCUT2D eigenvalue weighted by Gasteiger charge is 2.10. The molecule has 0 atom stereocenters. The fourth-order valence-electron chi connectivity index (χ4n) is 7.53. The first kappa shape index (κ1) is 50.5. The molecule has 0 aliphatic rings. The zero-order valence-corrected chi connectivity index (χ0v) is 36.2. The van der Waals surface area contributed by atoms with Gasteiger partial charge in [-0.05, 0) is 64.0 Å². The van der Waals surface area contributed by atoms with Crippen molar-refractivity contribution in [1.82, 2.24) is 4.90 Å². The standard InChI is InChI=1S/C48H97NO2/c1-7-10-13-16-21-29-36-43-50-47(6)38-31-24-23-28-35-42-49(45-46(4)5)41-34-27-20-19-22-30-37-44-51-48(39-32-25-17-14-11-8-2)40-33-26-18-15-12-9-3/h46,48H,6-45H2,1-5H3. The lowest BCUT2D eigenvalue weighted by Gasteiger charge is -2.24. The topological polar surface area (TPSA) is 21.7 Å². The number of nitrogens with zero attached hydrogens (tertiary/aromatic N) is 1. The third kappa shape index (κ3) is 40.5. The lowest BCUT2D eigenvalue weighted by molar-refractivity contribution is 0.0357. The molecule has 0 aliphatic carbocycles. The quantitative estimate of drug-likeness (QED) is 0.0462. The molecule has 0 unspecified atom stereocenters. The van der Waals surface area contributed by atoms with Crippen molar-refractivity contribution in [3.05, 3.63) is 12.3 Å². The van der Waals surface area contributed by atoms with E-state index >= 15 is 0 Å². The Balaban J connectivity index is 3.89. The van der Waals surface area contributed by atoms with Crippen LogP contribution >= 0.6 is 0 Å². The van der Waals surface area contributed by atoms with Crippen molar-refractivity contribution in [2.24, 2.45) is 5.92 Å². The van der Waals surface area contributed by atoms with Gasteiger partial charge in [0.2, 0.25) is 0 Å². The lowest BCUT2D eigenvalue weighted by Crippen LogP contribution is -2.30. The maximum Gasteiger partial charge on any atom is 0.0888 e. The van der Waals surface area contributed by atoms with E-state index in [9.17, 15) is 0 Å². The van der Waals surface area contributed by atoms with E-state index in [1.165, 1.54) is 232 Å². The van der Waals surface area contributed by atoms with E-state index in [2.05, 4.69) is 46.1 Å². The zero-order chi connectivity index (χ0) is 37.3. The first-order valence-electron chi connectivity index (χ1n) is 23.7. The predicted molar refractivity (Wildman–Crippen MR) is 230 cm³/mol. The Morgan fingerprint density at radius 1 is 0.451 bits per heavy atom. The van der Waals surface area contributed by atoms with E-state index in [-0.39, 0.29) is 0 Å². The normalized spacial score (nSPS) is 11.8. The molecule has 0 fully saturated rings. The van der Waals surface area contributed by atoms with E-state index in [4.69, 9.17) is 9.47 Å². The average molecular weight is 720 g/mol. The minimum absolute atomic E-state index is 0.519. The smallest absolute Gasteiger partial charge is 0.0888 e. The molecule has 0 spiro atoms. The summed E-state index contributed by atoms with van der Waals surface area (Å²) in [7, 11) is 0. The van der Waals surface area contributed by atoms with E-state index in [0.717, 1.165) is 31.3 Å². The Morgan fingerprint density at radius 2 is 0.824 bits per heavy atom. The molecule has 0 saturated carbocycles. The number of hydrogen-bond donors (Lipinski definition) is 0. The Kier molecular flexibility index (Phi) is 41.8. The third-order valence-corrected chi connectivity index (χ3v) is 10.8. The van der Waals surface area contributed by atoms with Gasteiger partial charge in [0.05, 0.1) is 18.5 Å². The van der Waals surface area contributed by atoms with Gasteiger partial charge < -0.3 is 14.4 Å². The fraction of sp³-hybridized carbons (Fsp3) is 0.958. The van der Waals surface area contributed by atoms with E-state index in [1.807, 2.05) is 0 Å². The maximum absolute atomic E-state index is 6.49. The highest BCUT2D eigenvalue weighted by atomic mass is 16.5. The first-order chi connectivity index (χ1) is 25.0. The number of hydrogen-bond acceptors (Lipinski definition) is 3. The summed E-state index contributed by atoms with van der Waals surface area (Å²) in [5.41, 5.74) is 0. The predicted octanol–water partition coefficient (Wildman–Crippen LogP) is 16.2. The van der Waals surface area contributed by atoms with Crippen LogP contribution in [0.5, 0.6) is 0 Å². The minimum Gasteiger partial charge on any atom is -0.499 e. The summed E-state index contributed by atoms with van der Waals surface area (Å²) in [6.07, 6.45) is 46.4. The molecule has 0 bridgehead atoms. The van der Waals surface area contributed by atoms with Crippen molar-refractivity contribution in [2.75, 3.05) is 32.8 Å². The largest absolute Gasteiger partial charge is 0.499 e. The van der Waals surface area contributed by atoms with E-state index < -0.39 is 0 Å². The van der Waals surface area contributed by atoms with Gasteiger partial charge in [-0.25, -0.2) is 0 Å². The summed E-state index contributed by atoms with van der Waals surface area (Å²) >= 11 is 0. The van der Waals surface area contributed by atoms with Gasteiger partial charge in [0.25, 0.3) is 0 Å². The van der Waals surface area contributed by atoms with Crippen molar-refractivity contribution in [2.45, 2.75) is 259 Å². The second kappa shape index (κ2) is 42.2. The van der Waals surface area contributed by atoms with Gasteiger partial charge in [-0.2, -0.15) is 0 Å². The summed E-state index contributed by atoms with van der Waals surface area (Å²) < 4.78 is 12.4. The molecule has 0 amide bonds. The van der Waals surface area contributed by atoms with Crippen LogP contribution in [0.1, 0.15) is 253 Å². The summed E-state index contributed by atoms with van der Waals surface area (Å²) in [5.74, 6) is 1.77. The van der Waals surface area contributed by atoms with Gasteiger partial charge in [0.1, 0.15) is 0 Å². The molecule has 0 radical (unpaired) electrons. The molecular formula is C48H97NO2. The summed E-state index contributed by atoms with van der Waals surface area (Å²) in [6.45, 7) is 21.5. The fourth-order valence-corrected chi connectivity index (χ4v) is 7.53. The van der Waals surface area contributed by atoms with Crippen LogP contribution in [0.25, 0.3) is 0 Å². The van der Waals surface area contributed by atoms with E-state index in [1.54, 1.807) is 0 Å². The van der Waals surface area contributed by atoms with Gasteiger partial charge in [0.15, 0.2) is 0 Å². The Hall–Kier alpha value is -0.540. The molecule has 3 heteroatoms. The second-order valence-electron chi connectivity index (χ2n) is 16.8. The van der Waals surface area contributed by atoms with Gasteiger partial charge in [-0.3, -0.25) is 0 Å². The van der Waals surface area contributed by atoms with Gasteiger partial charge in [-0.15, -0.1) is 0 Å². The van der Waals surface area contributed by atoms with Crippen LogP contribution in [-0.4, -0.2) is 43.9 Å². The van der Waals surface area contributed by atoms with E-state index in [0.29, 0.717) is 6.10 Å². The number of rotatable bonds is 44. The average Bonchev–Trinajstić information content (AvgIpc) is 3.11. The molecule has 3 nitrogen and oxygen atoms in total. The molecular weight excluding hydrogens is 623 g/mol. The van der Waals surface area contributed by atoms with Crippen LogP contribution in [0.3, 0.4) is 0 Å². The van der Waals surface area contributed by atoms with Crippen molar-refractivity contribution in [3.8, 4) is 0 Å². The van der Waals surface area contributed by atoms with Crippen molar-refractivity contribution < 1.29 is 9.47 Å².